The monoisotopic (exact) mass is 422 g/mol. The number of hydrogen-bond acceptors (Lipinski definition) is 5. The Hall–Kier alpha value is -3.13. The SMILES string of the molecule is COc1ccccc1-c1cc(C(=O)N2CCCN(CCn3nc(C)cc3C)CC2)[nH]n1. The molecule has 0 aliphatic carbocycles. The summed E-state index contributed by atoms with van der Waals surface area (Å²) < 4.78 is 7.48. The molecule has 8 nitrogen and oxygen atoms in total. The third-order valence-electron chi connectivity index (χ3n) is 5.80. The average Bonchev–Trinajstić information content (AvgIpc) is 3.31. The van der Waals surface area contributed by atoms with Gasteiger partial charge in [0.15, 0.2) is 0 Å². The van der Waals surface area contributed by atoms with E-state index in [1.54, 1.807) is 7.11 Å². The fraction of sp³-hybridized carbons (Fsp3) is 0.435. The van der Waals surface area contributed by atoms with E-state index in [1.807, 2.05) is 42.2 Å². The van der Waals surface area contributed by atoms with Gasteiger partial charge in [-0.05, 0) is 51.1 Å². The zero-order valence-corrected chi connectivity index (χ0v) is 18.5. The van der Waals surface area contributed by atoms with Gasteiger partial charge in [-0.2, -0.15) is 10.2 Å². The molecule has 3 aromatic rings. The van der Waals surface area contributed by atoms with Crippen molar-refractivity contribution >= 4 is 5.91 Å². The Bertz CT molecular complexity index is 1040. The number of hydrogen-bond donors (Lipinski definition) is 1. The summed E-state index contributed by atoms with van der Waals surface area (Å²) in [5.74, 6) is 0.732. The highest BCUT2D eigenvalue weighted by atomic mass is 16.5. The maximum atomic E-state index is 13.1. The molecule has 1 fully saturated rings. The Morgan fingerprint density at radius 1 is 1.10 bits per heavy atom. The van der Waals surface area contributed by atoms with Gasteiger partial charge in [0.25, 0.3) is 5.91 Å². The third kappa shape index (κ3) is 4.80. The molecule has 1 N–H and O–H groups in total. The van der Waals surface area contributed by atoms with E-state index in [0.717, 1.165) is 56.2 Å². The fourth-order valence-corrected chi connectivity index (χ4v) is 4.13. The number of H-pyrrole nitrogens is 1. The first kappa shape index (κ1) is 21.1. The lowest BCUT2D eigenvalue weighted by molar-refractivity contribution is 0.0755. The summed E-state index contributed by atoms with van der Waals surface area (Å²) in [5.41, 5.74) is 4.33. The van der Waals surface area contributed by atoms with Crippen molar-refractivity contribution in [3.63, 3.8) is 0 Å². The molecule has 0 bridgehead atoms. The van der Waals surface area contributed by atoms with Crippen LogP contribution in [0.15, 0.2) is 36.4 Å². The minimum atomic E-state index is -0.00552. The minimum Gasteiger partial charge on any atom is -0.496 e. The largest absolute Gasteiger partial charge is 0.496 e. The van der Waals surface area contributed by atoms with Crippen molar-refractivity contribution in [2.45, 2.75) is 26.8 Å². The van der Waals surface area contributed by atoms with Crippen LogP contribution >= 0.6 is 0 Å². The summed E-state index contributed by atoms with van der Waals surface area (Å²) >= 11 is 0. The van der Waals surface area contributed by atoms with Gasteiger partial charge in [0, 0.05) is 37.4 Å². The van der Waals surface area contributed by atoms with Crippen molar-refractivity contribution in [2.75, 3.05) is 39.8 Å². The standard InChI is InChI=1S/C23H30N6O2/c1-17-15-18(2)29(26-17)14-12-27-9-6-10-28(13-11-27)23(30)21-16-20(24-25-21)19-7-4-5-8-22(19)31-3/h4-5,7-8,15-16H,6,9-14H2,1-3H3,(H,24,25). The molecule has 4 rings (SSSR count). The zero-order chi connectivity index (χ0) is 21.8. The first-order valence-electron chi connectivity index (χ1n) is 10.8. The van der Waals surface area contributed by atoms with Gasteiger partial charge in [-0.15, -0.1) is 0 Å². The lowest BCUT2D eigenvalue weighted by Crippen LogP contribution is -2.36. The average molecular weight is 423 g/mol. The number of rotatable bonds is 6. The summed E-state index contributed by atoms with van der Waals surface area (Å²) in [6.45, 7) is 9.22. The van der Waals surface area contributed by atoms with E-state index < -0.39 is 0 Å². The predicted octanol–water partition coefficient (Wildman–Crippen LogP) is 2.75. The van der Waals surface area contributed by atoms with E-state index in [-0.39, 0.29) is 5.91 Å². The Morgan fingerprint density at radius 2 is 1.94 bits per heavy atom. The van der Waals surface area contributed by atoms with Crippen molar-refractivity contribution in [1.82, 2.24) is 29.8 Å². The Morgan fingerprint density at radius 3 is 2.71 bits per heavy atom. The second kappa shape index (κ2) is 9.34. The normalized spacial score (nSPS) is 15.1. The lowest BCUT2D eigenvalue weighted by atomic mass is 10.1. The summed E-state index contributed by atoms with van der Waals surface area (Å²) in [4.78, 5) is 17.4. The molecular weight excluding hydrogens is 392 g/mol. The highest BCUT2D eigenvalue weighted by molar-refractivity contribution is 5.93. The number of aromatic nitrogens is 4. The van der Waals surface area contributed by atoms with Crippen LogP contribution in [0.4, 0.5) is 0 Å². The number of aromatic amines is 1. The highest BCUT2D eigenvalue weighted by Crippen LogP contribution is 2.28. The van der Waals surface area contributed by atoms with Crippen LogP contribution in [0, 0.1) is 13.8 Å². The predicted molar refractivity (Wildman–Crippen MR) is 119 cm³/mol. The molecule has 3 heterocycles. The molecule has 1 amide bonds. The molecule has 1 aliphatic heterocycles. The van der Waals surface area contributed by atoms with Crippen molar-refractivity contribution in [2.24, 2.45) is 0 Å². The molecule has 0 saturated carbocycles. The number of nitrogens with one attached hydrogen (secondary N) is 1. The van der Waals surface area contributed by atoms with Crippen LogP contribution in [-0.2, 0) is 6.54 Å². The van der Waals surface area contributed by atoms with Gasteiger partial charge in [-0.3, -0.25) is 19.5 Å². The number of methoxy groups -OCH3 is 1. The van der Waals surface area contributed by atoms with Gasteiger partial charge in [0.1, 0.15) is 11.4 Å². The van der Waals surface area contributed by atoms with Crippen LogP contribution in [0.25, 0.3) is 11.3 Å². The Kier molecular flexibility index (Phi) is 6.36. The van der Waals surface area contributed by atoms with Gasteiger partial charge in [-0.25, -0.2) is 0 Å². The molecule has 164 valence electrons. The number of carbonyl (C=O) groups is 1. The Labute approximate surface area is 182 Å². The van der Waals surface area contributed by atoms with E-state index in [1.165, 1.54) is 5.69 Å². The van der Waals surface area contributed by atoms with Crippen LogP contribution in [0.2, 0.25) is 0 Å². The second-order valence-electron chi connectivity index (χ2n) is 8.00. The molecular formula is C23H30N6O2. The van der Waals surface area contributed by atoms with Gasteiger partial charge < -0.3 is 9.64 Å². The Balaban J connectivity index is 1.37. The van der Waals surface area contributed by atoms with Crippen LogP contribution in [-0.4, -0.2) is 75.5 Å². The topological polar surface area (TPSA) is 79.3 Å². The molecule has 1 saturated heterocycles. The first-order valence-corrected chi connectivity index (χ1v) is 10.8. The van der Waals surface area contributed by atoms with E-state index >= 15 is 0 Å². The van der Waals surface area contributed by atoms with Crippen molar-refractivity contribution in [3.8, 4) is 17.0 Å². The maximum Gasteiger partial charge on any atom is 0.271 e. The lowest BCUT2D eigenvalue weighted by Gasteiger charge is -2.21. The highest BCUT2D eigenvalue weighted by Gasteiger charge is 2.22. The molecule has 8 heteroatoms. The maximum absolute atomic E-state index is 13.1. The molecule has 0 atom stereocenters. The van der Waals surface area contributed by atoms with Crippen molar-refractivity contribution in [1.29, 1.82) is 0 Å². The zero-order valence-electron chi connectivity index (χ0n) is 18.5. The second-order valence-corrected chi connectivity index (χ2v) is 8.00. The summed E-state index contributed by atoms with van der Waals surface area (Å²) in [5, 5.41) is 11.8. The van der Waals surface area contributed by atoms with E-state index in [0.29, 0.717) is 17.9 Å². The number of nitrogens with zero attached hydrogens (tertiary/aromatic N) is 5. The summed E-state index contributed by atoms with van der Waals surface area (Å²) in [6.07, 6.45) is 0.955. The third-order valence-corrected chi connectivity index (χ3v) is 5.80. The van der Waals surface area contributed by atoms with E-state index in [2.05, 4.69) is 37.9 Å². The van der Waals surface area contributed by atoms with Crippen LogP contribution in [0.5, 0.6) is 5.75 Å². The van der Waals surface area contributed by atoms with Gasteiger partial charge in [0.05, 0.1) is 25.0 Å². The summed E-state index contributed by atoms with van der Waals surface area (Å²) in [6, 6.07) is 11.6. The van der Waals surface area contributed by atoms with Crippen molar-refractivity contribution < 1.29 is 9.53 Å². The number of para-hydroxylation sites is 1. The molecule has 0 spiro atoms. The fourth-order valence-electron chi connectivity index (χ4n) is 4.13. The molecule has 1 aliphatic rings. The molecule has 1 aromatic carbocycles. The van der Waals surface area contributed by atoms with Gasteiger partial charge in [0.2, 0.25) is 0 Å². The minimum absolute atomic E-state index is 0.00552. The molecule has 0 unspecified atom stereocenters. The summed E-state index contributed by atoms with van der Waals surface area (Å²) in [7, 11) is 1.63. The smallest absolute Gasteiger partial charge is 0.271 e. The number of aryl methyl sites for hydroxylation is 2. The quantitative estimate of drug-likeness (QED) is 0.661. The van der Waals surface area contributed by atoms with Crippen LogP contribution in [0.3, 0.4) is 0 Å². The van der Waals surface area contributed by atoms with E-state index in [9.17, 15) is 4.79 Å². The number of carbonyl (C=O) groups excluding carboxylic acids is 1. The van der Waals surface area contributed by atoms with Gasteiger partial charge >= 0.3 is 0 Å². The van der Waals surface area contributed by atoms with Crippen molar-refractivity contribution in [3.05, 3.63) is 53.5 Å². The van der Waals surface area contributed by atoms with E-state index in [4.69, 9.17) is 4.74 Å². The number of amides is 1. The number of ether oxygens (including phenoxy) is 1. The number of benzene rings is 1. The first-order chi connectivity index (χ1) is 15.0. The van der Waals surface area contributed by atoms with Gasteiger partial charge in [-0.1, -0.05) is 12.1 Å². The molecule has 2 aromatic heterocycles. The van der Waals surface area contributed by atoms with Crippen LogP contribution < -0.4 is 4.74 Å². The van der Waals surface area contributed by atoms with Crippen LogP contribution in [0.1, 0.15) is 28.3 Å². The molecule has 31 heavy (non-hydrogen) atoms. The molecule has 0 radical (unpaired) electrons.